The second-order valence-corrected chi connectivity index (χ2v) is 11.8. The van der Waals surface area contributed by atoms with Crippen LogP contribution in [0.3, 0.4) is 0 Å². The lowest BCUT2D eigenvalue weighted by atomic mass is 9.49. The molecular formula is C25H47N3O. The fourth-order valence-corrected chi connectivity index (χ4v) is 8.08. The largest absolute Gasteiger partial charge is 0.367 e. The molecule has 1 heterocycles. The van der Waals surface area contributed by atoms with E-state index in [2.05, 4.69) is 57.0 Å². The molecular weight excluding hydrogens is 358 g/mol. The summed E-state index contributed by atoms with van der Waals surface area (Å²) in [7, 11) is 6.60. The van der Waals surface area contributed by atoms with Crippen LogP contribution in [-0.4, -0.2) is 74.4 Å². The molecule has 4 aliphatic rings. The molecule has 4 heteroatoms. The van der Waals surface area contributed by atoms with Gasteiger partial charge in [0.15, 0.2) is 0 Å². The number of fused-ring (bicyclic) bond motifs is 2. The first-order chi connectivity index (χ1) is 13.7. The van der Waals surface area contributed by atoms with Gasteiger partial charge in [0, 0.05) is 12.0 Å². The lowest BCUT2D eigenvalue weighted by Crippen LogP contribution is -2.62. The Hall–Kier alpha value is -0.160. The van der Waals surface area contributed by atoms with E-state index in [0.29, 0.717) is 17.4 Å². The molecule has 0 aromatic carbocycles. The molecule has 4 nitrogen and oxygen atoms in total. The van der Waals surface area contributed by atoms with E-state index in [4.69, 9.17) is 4.74 Å². The van der Waals surface area contributed by atoms with Gasteiger partial charge in [-0.15, -0.1) is 0 Å². The lowest BCUT2D eigenvalue weighted by Gasteiger charge is -2.55. The molecule has 7 atom stereocenters. The summed E-state index contributed by atoms with van der Waals surface area (Å²) in [6.07, 6.45) is 10.7. The molecule has 1 saturated heterocycles. The highest BCUT2D eigenvalue weighted by Crippen LogP contribution is 2.72. The van der Waals surface area contributed by atoms with Crippen molar-refractivity contribution in [2.45, 2.75) is 89.4 Å². The van der Waals surface area contributed by atoms with Crippen molar-refractivity contribution in [3.05, 3.63) is 0 Å². The molecule has 0 unspecified atom stereocenters. The Morgan fingerprint density at radius 3 is 2.48 bits per heavy atom. The molecule has 1 spiro atoms. The van der Waals surface area contributed by atoms with Crippen LogP contribution in [0.2, 0.25) is 0 Å². The van der Waals surface area contributed by atoms with Crippen molar-refractivity contribution in [1.82, 2.24) is 15.1 Å². The number of hydrogen-bond acceptors (Lipinski definition) is 4. The average Bonchev–Trinajstić information content (AvgIpc) is 3.02. The third-order valence-electron chi connectivity index (χ3n) is 9.68. The van der Waals surface area contributed by atoms with E-state index >= 15 is 0 Å². The zero-order valence-corrected chi connectivity index (χ0v) is 20.1. The van der Waals surface area contributed by atoms with E-state index in [9.17, 15) is 0 Å². The number of nitrogens with one attached hydrogen (secondary N) is 1. The van der Waals surface area contributed by atoms with Crippen LogP contribution < -0.4 is 5.32 Å². The van der Waals surface area contributed by atoms with Gasteiger partial charge >= 0.3 is 0 Å². The summed E-state index contributed by atoms with van der Waals surface area (Å²) in [5.74, 6) is 2.38. The van der Waals surface area contributed by atoms with Crippen LogP contribution >= 0.6 is 0 Å². The minimum absolute atomic E-state index is 0.0574. The molecule has 1 aliphatic heterocycles. The molecule has 3 aliphatic carbocycles. The molecule has 0 radical (unpaired) electrons. The first-order valence-corrected chi connectivity index (χ1v) is 12.5. The maximum absolute atomic E-state index is 7.00. The van der Waals surface area contributed by atoms with Gasteiger partial charge in [0.1, 0.15) is 0 Å². The first-order valence-electron chi connectivity index (χ1n) is 12.5. The highest BCUT2D eigenvalue weighted by atomic mass is 16.5. The normalized spacial score (nSPS) is 45.5. The fourth-order valence-electron chi connectivity index (χ4n) is 8.08. The molecule has 3 saturated carbocycles. The summed E-state index contributed by atoms with van der Waals surface area (Å²) in [5, 5.41) is 4.04. The molecule has 4 fully saturated rings. The summed E-state index contributed by atoms with van der Waals surface area (Å²) >= 11 is 0. The Labute approximate surface area is 180 Å². The Balaban J connectivity index is 1.28. The minimum atomic E-state index is 0.0574. The Morgan fingerprint density at radius 2 is 1.72 bits per heavy atom. The van der Waals surface area contributed by atoms with Gasteiger partial charge in [0.25, 0.3) is 0 Å². The SMILES string of the molecule is C[C@@H]1CC[C@H]2[C@]13CC[C@]1(C)O[C@@]2(C)[C@@H](NCCCCN(C)CCCN(C)C)[C@@H]1C3. The fraction of sp³-hybridized carbons (Fsp3) is 1.00. The molecule has 0 amide bonds. The zero-order chi connectivity index (χ0) is 20.9. The third kappa shape index (κ3) is 3.70. The summed E-state index contributed by atoms with van der Waals surface area (Å²) < 4.78 is 7.00. The van der Waals surface area contributed by atoms with Gasteiger partial charge in [-0.25, -0.2) is 0 Å². The quantitative estimate of drug-likeness (QED) is 0.556. The van der Waals surface area contributed by atoms with Crippen LogP contribution in [0.1, 0.15) is 72.1 Å². The van der Waals surface area contributed by atoms with E-state index in [1.807, 2.05) is 0 Å². The van der Waals surface area contributed by atoms with Crippen molar-refractivity contribution in [2.75, 3.05) is 47.3 Å². The van der Waals surface area contributed by atoms with Gasteiger partial charge in [-0.2, -0.15) is 0 Å². The molecule has 29 heavy (non-hydrogen) atoms. The predicted octanol–water partition coefficient (Wildman–Crippen LogP) is 4.00. The summed E-state index contributed by atoms with van der Waals surface area (Å²) in [6, 6.07) is 0.564. The number of nitrogens with zero attached hydrogens (tertiary/aromatic N) is 2. The van der Waals surface area contributed by atoms with Crippen molar-refractivity contribution in [1.29, 1.82) is 0 Å². The topological polar surface area (TPSA) is 27.7 Å². The second kappa shape index (κ2) is 8.07. The van der Waals surface area contributed by atoms with Gasteiger partial charge in [-0.05, 0) is 130 Å². The van der Waals surface area contributed by atoms with Crippen LogP contribution in [-0.2, 0) is 4.74 Å². The highest BCUT2D eigenvalue weighted by Gasteiger charge is 2.73. The third-order valence-corrected chi connectivity index (χ3v) is 9.68. The van der Waals surface area contributed by atoms with E-state index in [1.54, 1.807) is 0 Å². The lowest BCUT2D eigenvalue weighted by molar-refractivity contribution is -0.115. The van der Waals surface area contributed by atoms with Crippen molar-refractivity contribution in [3.63, 3.8) is 0 Å². The van der Waals surface area contributed by atoms with Gasteiger partial charge < -0.3 is 19.9 Å². The van der Waals surface area contributed by atoms with Crippen LogP contribution in [0.4, 0.5) is 0 Å². The monoisotopic (exact) mass is 405 g/mol. The standard InChI is InChI=1S/C25H47N3O/c1-19-10-11-21-24(3)22(20-18-25(19,21)13-12-23(20,2)29-24)26-14-7-8-16-28(6)17-9-15-27(4)5/h19-22,26H,7-18H2,1-6H3/t19-,20+,21-,22+,23+,24-,25+/m1/s1. The van der Waals surface area contributed by atoms with Gasteiger partial charge in [0.05, 0.1) is 11.2 Å². The van der Waals surface area contributed by atoms with E-state index in [0.717, 1.165) is 18.4 Å². The van der Waals surface area contributed by atoms with E-state index < -0.39 is 0 Å². The van der Waals surface area contributed by atoms with E-state index in [-0.39, 0.29) is 11.2 Å². The summed E-state index contributed by atoms with van der Waals surface area (Å²) in [4.78, 5) is 4.78. The number of rotatable bonds is 10. The molecule has 0 aromatic heterocycles. The van der Waals surface area contributed by atoms with E-state index in [1.165, 1.54) is 71.0 Å². The van der Waals surface area contributed by atoms with Gasteiger partial charge in [-0.1, -0.05) is 6.92 Å². The average molecular weight is 406 g/mol. The number of ether oxygens (including phenoxy) is 1. The van der Waals surface area contributed by atoms with Crippen LogP contribution in [0.15, 0.2) is 0 Å². The van der Waals surface area contributed by atoms with Crippen LogP contribution in [0.25, 0.3) is 0 Å². The number of hydrogen-bond donors (Lipinski definition) is 1. The van der Waals surface area contributed by atoms with Gasteiger partial charge in [0.2, 0.25) is 0 Å². The smallest absolute Gasteiger partial charge is 0.0851 e. The molecule has 1 N–H and O–H groups in total. The number of unbranched alkanes of at least 4 members (excludes halogenated alkanes) is 1. The van der Waals surface area contributed by atoms with Crippen molar-refractivity contribution in [3.8, 4) is 0 Å². The highest BCUT2D eigenvalue weighted by molar-refractivity contribution is 5.24. The van der Waals surface area contributed by atoms with Crippen molar-refractivity contribution < 1.29 is 4.74 Å². The summed E-state index contributed by atoms with van der Waals surface area (Å²) in [5.41, 5.74) is 0.763. The Bertz CT molecular complexity index is 582. The maximum Gasteiger partial charge on any atom is 0.0851 e. The van der Waals surface area contributed by atoms with Crippen molar-refractivity contribution in [2.24, 2.45) is 23.2 Å². The summed E-state index contributed by atoms with van der Waals surface area (Å²) in [6.45, 7) is 12.2. The predicted molar refractivity (Wildman–Crippen MR) is 121 cm³/mol. The Morgan fingerprint density at radius 1 is 0.966 bits per heavy atom. The molecule has 0 aromatic rings. The molecule has 168 valence electrons. The van der Waals surface area contributed by atoms with Crippen LogP contribution in [0.5, 0.6) is 0 Å². The van der Waals surface area contributed by atoms with Gasteiger partial charge in [-0.3, -0.25) is 0 Å². The molecule has 3 bridgehead atoms. The zero-order valence-electron chi connectivity index (χ0n) is 20.1. The molecule has 4 rings (SSSR count). The second-order valence-electron chi connectivity index (χ2n) is 11.8. The van der Waals surface area contributed by atoms with Crippen molar-refractivity contribution >= 4 is 0 Å². The maximum atomic E-state index is 7.00. The first kappa shape index (κ1) is 22.0. The van der Waals surface area contributed by atoms with Crippen LogP contribution in [0, 0.1) is 23.2 Å². The Kier molecular flexibility index (Phi) is 6.14. The minimum Gasteiger partial charge on any atom is -0.367 e.